The maximum atomic E-state index is 12.4. The number of rotatable bonds is 6. The quantitative estimate of drug-likeness (QED) is 0.601. The molecule has 0 bridgehead atoms. The zero-order valence-corrected chi connectivity index (χ0v) is 18.4. The van der Waals surface area contributed by atoms with Crippen molar-refractivity contribution in [2.75, 3.05) is 35.2 Å². The van der Waals surface area contributed by atoms with Gasteiger partial charge in [-0.1, -0.05) is 19.1 Å². The number of nitrogens with zero attached hydrogens (tertiary/aromatic N) is 2. The third-order valence-corrected chi connectivity index (χ3v) is 5.62. The molecule has 0 atom stereocenters. The van der Waals surface area contributed by atoms with Crippen molar-refractivity contribution in [1.82, 2.24) is 4.98 Å². The van der Waals surface area contributed by atoms with E-state index in [1.165, 1.54) is 19.8 Å². The summed E-state index contributed by atoms with van der Waals surface area (Å²) in [6.07, 6.45) is 2.34. The standard InChI is InChI=1S/C25H28N4O3/c1-17-12-14-29(15-13-17)23-11-6-19-4-3-5-22(25(19)28-23)32-16-24(31)27-21-9-7-20(8-10-21)26-18(2)30/h3-11,17H,12-16H2,1-2H3,(H,26,30)(H,27,31). The molecule has 2 N–H and O–H groups in total. The lowest BCUT2D eigenvalue weighted by Crippen LogP contribution is -2.33. The predicted octanol–water partition coefficient (Wildman–Crippen LogP) is 4.45. The van der Waals surface area contributed by atoms with Crippen LogP contribution in [0.2, 0.25) is 0 Å². The second kappa shape index (κ2) is 9.68. The average molecular weight is 433 g/mol. The summed E-state index contributed by atoms with van der Waals surface area (Å²) in [6, 6.07) is 16.8. The molecule has 1 saturated heterocycles. The largest absolute Gasteiger partial charge is 0.481 e. The van der Waals surface area contributed by atoms with Gasteiger partial charge in [-0.25, -0.2) is 4.98 Å². The van der Waals surface area contributed by atoms with E-state index in [0.717, 1.165) is 35.7 Å². The Kier molecular flexibility index (Phi) is 6.54. The van der Waals surface area contributed by atoms with Gasteiger partial charge in [0.1, 0.15) is 17.1 Å². The monoisotopic (exact) mass is 432 g/mol. The normalized spacial score (nSPS) is 14.2. The van der Waals surface area contributed by atoms with Gasteiger partial charge in [0.15, 0.2) is 6.61 Å². The van der Waals surface area contributed by atoms with E-state index in [4.69, 9.17) is 9.72 Å². The van der Waals surface area contributed by atoms with Gasteiger partial charge in [-0.05, 0) is 61.2 Å². The van der Waals surface area contributed by atoms with Gasteiger partial charge in [0.2, 0.25) is 5.91 Å². The molecule has 1 aliphatic heterocycles. The van der Waals surface area contributed by atoms with Gasteiger partial charge in [0.25, 0.3) is 5.91 Å². The van der Waals surface area contributed by atoms with Crippen molar-refractivity contribution in [3.05, 3.63) is 54.6 Å². The fourth-order valence-corrected chi connectivity index (χ4v) is 3.82. The average Bonchev–Trinajstić information content (AvgIpc) is 2.79. The van der Waals surface area contributed by atoms with E-state index in [2.05, 4.69) is 34.6 Å². The van der Waals surface area contributed by atoms with Crippen molar-refractivity contribution < 1.29 is 14.3 Å². The molecule has 3 aromatic rings. The van der Waals surface area contributed by atoms with Gasteiger partial charge in [-0.3, -0.25) is 9.59 Å². The van der Waals surface area contributed by atoms with E-state index < -0.39 is 0 Å². The molecule has 0 radical (unpaired) electrons. The molecule has 32 heavy (non-hydrogen) atoms. The number of para-hydroxylation sites is 1. The Balaban J connectivity index is 1.41. The minimum atomic E-state index is -0.268. The number of ether oxygens (including phenoxy) is 1. The van der Waals surface area contributed by atoms with E-state index in [1.807, 2.05) is 18.2 Å². The van der Waals surface area contributed by atoms with Crippen LogP contribution in [0.5, 0.6) is 5.75 Å². The summed E-state index contributed by atoms with van der Waals surface area (Å²) in [5.74, 6) is 1.88. The Morgan fingerprint density at radius 3 is 2.38 bits per heavy atom. The maximum Gasteiger partial charge on any atom is 0.262 e. The molecule has 1 fully saturated rings. The zero-order valence-electron chi connectivity index (χ0n) is 18.4. The van der Waals surface area contributed by atoms with Crippen LogP contribution in [-0.4, -0.2) is 36.5 Å². The highest BCUT2D eigenvalue weighted by Crippen LogP contribution is 2.28. The van der Waals surface area contributed by atoms with Crippen LogP contribution in [0, 0.1) is 5.92 Å². The molecule has 2 heterocycles. The molecular formula is C25H28N4O3. The van der Waals surface area contributed by atoms with Crippen LogP contribution in [0.25, 0.3) is 10.9 Å². The first-order valence-corrected chi connectivity index (χ1v) is 10.9. The Bertz CT molecular complexity index is 1110. The van der Waals surface area contributed by atoms with Gasteiger partial charge in [0.05, 0.1) is 0 Å². The van der Waals surface area contributed by atoms with Crippen LogP contribution in [0.4, 0.5) is 17.2 Å². The van der Waals surface area contributed by atoms with Crippen molar-refractivity contribution in [2.45, 2.75) is 26.7 Å². The lowest BCUT2D eigenvalue weighted by atomic mass is 9.99. The minimum Gasteiger partial charge on any atom is -0.481 e. The summed E-state index contributed by atoms with van der Waals surface area (Å²) in [6.45, 7) is 5.63. The van der Waals surface area contributed by atoms with E-state index in [-0.39, 0.29) is 18.4 Å². The summed E-state index contributed by atoms with van der Waals surface area (Å²) in [5, 5.41) is 6.47. The highest BCUT2D eigenvalue weighted by atomic mass is 16.5. The molecule has 166 valence electrons. The number of aromatic nitrogens is 1. The first-order chi connectivity index (χ1) is 15.5. The summed E-state index contributed by atoms with van der Waals surface area (Å²) in [7, 11) is 0. The predicted molar refractivity (Wildman–Crippen MR) is 127 cm³/mol. The van der Waals surface area contributed by atoms with E-state index in [1.54, 1.807) is 24.3 Å². The molecule has 4 rings (SSSR count). The summed E-state index contributed by atoms with van der Waals surface area (Å²) < 4.78 is 5.84. The van der Waals surface area contributed by atoms with Crippen LogP contribution in [0.1, 0.15) is 26.7 Å². The van der Waals surface area contributed by atoms with Crippen molar-refractivity contribution >= 4 is 39.9 Å². The maximum absolute atomic E-state index is 12.4. The number of hydrogen-bond donors (Lipinski definition) is 2. The fourth-order valence-electron chi connectivity index (χ4n) is 3.82. The van der Waals surface area contributed by atoms with Gasteiger partial charge < -0.3 is 20.3 Å². The first-order valence-electron chi connectivity index (χ1n) is 10.9. The van der Waals surface area contributed by atoms with Crippen LogP contribution in [0.3, 0.4) is 0 Å². The summed E-state index contributed by atoms with van der Waals surface area (Å²) in [4.78, 5) is 30.7. The van der Waals surface area contributed by atoms with Crippen molar-refractivity contribution in [2.24, 2.45) is 5.92 Å². The Morgan fingerprint density at radius 1 is 1.00 bits per heavy atom. The number of anilines is 3. The molecule has 0 aliphatic carbocycles. The lowest BCUT2D eigenvalue weighted by Gasteiger charge is -2.31. The number of pyridine rings is 1. The molecule has 0 saturated carbocycles. The Hall–Kier alpha value is -3.61. The molecule has 1 aliphatic rings. The molecule has 2 amide bonds. The molecule has 7 nitrogen and oxygen atoms in total. The number of fused-ring (bicyclic) bond motifs is 1. The molecule has 2 aromatic carbocycles. The molecule has 0 spiro atoms. The Labute approximate surface area is 187 Å². The number of carbonyl (C=O) groups excluding carboxylic acids is 2. The number of piperidine rings is 1. The number of hydrogen-bond acceptors (Lipinski definition) is 5. The topological polar surface area (TPSA) is 83.6 Å². The number of carbonyl (C=O) groups is 2. The fraction of sp³-hybridized carbons (Fsp3) is 0.320. The summed E-state index contributed by atoms with van der Waals surface area (Å²) >= 11 is 0. The minimum absolute atomic E-state index is 0.125. The molecule has 1 aromatic heterocycles. The first kappa shape index (κ1) is 21.6. The third kappa shape index (κ3) is 5.35. The van der Waals surface area contributed by atoms with Crippen LogP contribution in [0.15, 0.2) is 54.6 Å². The molecule has 0 unspecified atom stereocenters. The van der Waals surface area contributed by atoms with Crippen LogP contribution >= 0.6 is 0 Å². The van der Waals surface area contributed by atoms with Gasteiger partial charge in [-0.15, -0.1) is 0 Å². The van der Waals surface area contributed by atoms with Crippen LogP contribution in [-0.2, 0) is 9.59 Å². The van der Waals surface area contributed by atoms with Gasteiger partial charge >= 0.3 is 0 Å². The second-order valence-corrected chi connectivity index (χ2v) is 8.26. The van der Waals surface area contributed by atoms with Crippen molar-refractivity contribution in [3.8, 4) is 5.75 Å². The summed E-state index contributed by atoms with van der Waals surface area (Å²) in [5.41, 5.74) is 2.06. The van der Waals surface area contributed by atoms with Crippen LogP contribution < -0.4 is 20.3 Å². The smallest absolute Gasteiger partial charge is 0.262 e. The third-order valence-electron chi connectivity index (χ3n) is 5.62. The molecule has 7 heteroatoms. The van der Waals surface area contributed by atoms with Gasteiger partial charge in [-0.2, -0.15) is 0 Å². The number of amides is 2. The lowest BCUT2D eigenvalue weighted by molar-refractivity contribution is -0.118. The highest BCUT2D eigenvalue weighted by molar-refractivity contribution is 5.93. The second-order valence-electron chi connectivity index (χ2n) is 8.26. The number of benzene rings is 2. The zero-order chi connectivity index (χ0) is 22.5. The van der Waals surface area contributed by atoms with E-state index in [0.29, 0.717) is 17.1 Å². The number of nitrogens with one attached hydrogen (secondary N) is 2. The van der Waals surface area contributed by atoms with E-state index >= 15 is 0 Å². The van der Waals surface area contributed by atoms with Crippen molar-refractivity contribution in [1.29, 1.82) is 0 Å². The highest BCUT2D eigenvalue weighted by Gasteiger charge is 2.18. The Morgan fingerprint density at radius 2 is 1.69 bits per heavy atom. The van der Waals surface area contributed by atoms with Crippen molar-refractivity contribution in [3.63, 3.8) is 0 Å². The molecular weight excluding hydrogens is 404 g/mol. The SMILES string of the molecule is CC(=O)Nc1ccc(NC(=O)COc2cccc3ccc(N4CCC(C)CC4)nc23)cc1. The van der Waals surface area contributed by atoms with Gasteiger partial charge in [0, 0.05) is 36.8 Å². The van der Waals surface area contributed by atoms with E-state index in [9.17, 15) is 9.59 Å².